The highest BCUT2D eigenvalue weighted by atomic mass is 16.3. The van der Waals surface area contributed by atoms with Gasteiger partial charge < -0.3 is 15.5 Å². The number of aromatic hydroxyl groups is 1. The van der Waals surface area contributed by atoms with Gasteiger partial charge in [0.1, 0.15) is 5.75 Å². The number of rotatable bonds is 4. The molecule has 7 heteroatoms. The van der Waals surface area contributed by atoms with Crippen LogP contribution in [-0.2, 0) is 4.79 Å². The molecule has 0 aromatic heterocycles. The van der Waals surface area contributed by atoms with E-state index in [2.05, 4.69) is 15.3 Å². The van der Waals surface area contributed by atoms with E-state index < -0.39 is 11.7 Å². The van der Waals surface area contributed by atoms with E-state index >= 15 is 0 Å². The highest BCUT2D eigenvalue weighted by Gasteiger charge is 2.12. The normalized spacial score (nSPS) is 11.2. The highest BCUT2D eigenvalue weighted by Crippen LogP contribution is 2.18. The summed E-state index contributed by atoms with van der Waals surface area (Å²) in [4.78, 5) is 18.4. The molecular weight excluding hydrogens is 296 g/mol. The molecule has 0 aliphatic carbocycles. The average Bonchev–Trinajstić information content (AvgIpc) is 2.55. The Hall–Kier alpha value is -3.66. The molecule has 0 aliphatic heterocycles. The number of anilines is 1. The standard InChI is InChI=1S/C16H12N4O3/c17-19-10-15(22)16(23)20-13-3-1-2-12(8-13)18-9-11-4-6-14(21)7-5-11/h1-10H,(H2-,18,20,21,22,23)/p+1/b15-10+. The zero-order chi connectivity index (χ0) is 16.7. The molecule has 0 radical (unpaired) electrons. The first-order valence-electron chi connectivity index (χ1n) is 6.56. The van der Waals surface area contributed by atoms with Crippen molar-refractivity contribution in [3.63, 3.8) is 0 Å². The maximum atomic E-state index is 11.6. The Morgan fingerprint density at radius 1 is 1.22 bits per heavy atom. The number of carbonyl (C=O) groups excluding carboxylic acids is 1. The maximum Gasteiger partial charge on any atom is 0.397 e. The van der Waals surface area contributed by atoms with Gasteiger partial charge in [0.2, 0.25) is 5.39 Å². The highest BCUT2D eigenvalue weighted by molar-refractivity contribution is 6.02. The smallest absolute Gasteiger partial charge is 0.397 e. The van der Waals surface area contributed by atoms with Crippen LogP contribution in [0.15, 0.2) is 65.5 Å². The number of hydrogen-bond donors (Lipinski definition) is 3. The second-order valence-electron chi connectivity index (χ2n) is 4.48. The Labute approximate surface area is 131 Å². The summed E-state index contributed by atoms with van der Waals surface area (Å²) in [6, 6.07) is 13.2. The molecule has 0 atom stereocenters. The molecule has 0 spiro atoms. The lowest BCUT2D eigenvalue weighted by molar-refractivity contribution is -0.115. The molecule has 0 fully saturated rings. The van der Waals surface area contributed by atoms with E-state index in [1.807, 2.05) is 0 Å². The molecule has 3 N–H and O–H groups in total. The molecule has 0 saturated heterocycles. The summed E-state index contributed by atoms with van der Waals surface area (Å²) >= 11 is 0. The molecule has 2 rings (SSSR count). The molecule has 0 bridgehead atoms. The number of nitrogens with zero attached hydrogens (tertiary/aromatic N) is 3. The summed E-state index contributed by atoms with van der Waals surface area (Å²) in [5, 5.41) is 29.2. The minimum atomic E-state index is -0.803. The van der Waals surface area contributed by atoms with Gasteiger partial charge in [-0.15, -0.1) is 0 Å². The molecule has 0 heterocycles. The fourth-order valence-electron chi connectivity index (χ4n) is 1.68. The van der Waals surface area contributed by atoms with E-state index in [0.29, 0.717) is 17.6 Å². The molecule has 23 heavy (non-hydrogen) atoms. The number of phenols is 1. The van der Waals surface area contributed by atoms with Gasteiger partial charge >= 0.3 is 6.20 Å². The summed E-state index contributed by atoms with van der Waals surface area (Å²) in [7, 11) is 0. The van der Waals surface area contributed by atoms with E-state index in [9.17, 15) is 15.0 Å². The summed E-state index contributed by atoms with van der Waals surface area (Å²) in [6.45, 7) is 0. The lowest BCUT2D eigenvalue weighted by Crippen LogP contribution is -2.13. The minimum Gasteiger partial charge on any atom is -0.508 e. The Bertz CT molecular complexity index is 805. The second kappa shape index (κ2) is 7.38. The zero-order valence-electron chi connectivity index (χ0n) is 11.9. The number of phenolic OH excluding ortho intramolecular Hbond substituents is 1. The molecule has 0 unspecified atom stereocenters. The fourth-order valence-corrected chi connectivity index (χ4v) is 1.68. The van der Waals surface area contributed by atoms with E-state index in [-0.39, 0.29) is 5.75 Å². The van der Waals surface area contributed by atoms with E-state index in [1.54, 1.807) is 54.7 Å². The maximum absolute atomic E-state index is 11.6. The van der Waals surface area contributed by atoms with Crippen molar-refractivity contribution in [1.82, 2.24) is 0 Å². The number of aliphatic hydroxyl groups is 1. The van der Waals surface area contributed by atoms with E-state index in [1.165, 1.54) is 0 Å². The molecule has 1 amide bonds. The first-order valence-corrected chi connectivity index (χ1v) is 6.56. The number of hydrogen-bond acceptors (Lipinski definition) is 5. The Balaban J connectivity index is 2.11. The number of diazo groups is 1. The van der Waals surface area contributed by atoms with Gasteiger partial charge in [-0.3, -0.25) is 9.79 Å². The van der Waals surface area contributed by atoms with Crippen LogP contribution in [0.2, 0.25) is 0 Å². The summed E-state index contributed by atoms with van der Waals surface area (Å²) in [5.74, 6) is -1.35. The zero-order valence-corrected chi connectivity index (χ0v) is 11.9. The van der Waals surface area contributed by atoms with Gasteiger partial charge in [-0.05, 0) is 48.0 Å². The van der Waals surface area contributed by atoms with Crippen molar-refractivity contribution in [2.24, 2.45) is 4.99 Å². The largest absolute Gasteiger partial charge is 0.508 e. The van der Waals surface area contributed by atoms with Crippen LogP contribution in [-0.4, -0.2) is 22.3 Å². The number of benzene rings is 2. The van der Waals surface area contributed by atoms with Crippen molar-refractivity contribution in [1.29, 1.82) is 5.39 Å². The Morgan fingerprint density at radius 3 is 2.65 bits per heavy atom. The third-order valence-electron chi connectivity index (χ3n) is 2.77. The van der Waals surface area contributed by atoms with Crippen LogP contribution >= 0.6 is 0 Å². The monoisotopic (exact) mass is 309 g/mol. The van der Waals surface area contributed by atoms with E-state index in [0.717, 1.165) is 5.56 Å². The second-order valence-corrected chi connectivity index (χ2v) is 4.48. The summed E-state index contributed by atoms with van der Waals surface area (Å²) < 4.78 is 0. The van der Waals surface area contributed by atoms with Crippen molar-refractivity contribution >= 4 is 23.5 Å². The number of carbonyl (C=O) groups is 1. The van der Waals surface area contributed by atoms with Crippen molar-refractivity contribution < 1.29 is 15.0 Å². The minimum absolute atomic E-state index is 0.175. The molecule has 0 aliphatic rings. The quantitative estimate of drug-likeness (QED) is 0.348. The van der Waals surface area contributed by atoms with E-state index in [4.69, 9.17) is 5.39 Å². The van der Waals surface area contributed by atoms with Crippen LogP contribution in [0.3, 0.4) is 0 Å². The summed E-state index contributed by atoms with van der Waals surface area (Å²) in [5.41, 5.74) is 1.82. The SMILES string of the molecule is N#[N+]/C=C(/O)C(=O)Nc1cccc(N=Cc2ccc(O)cc2)c1. The molecule has 114 valence electrons. The fraction of sp³-hybridized carbons (Fsp3) is 0. The van der Waals surface area contributed by atoms with Gasteiger partial charge in [0, 0.05) is 11.9 Å². The van der Waals surface area contributed by atoms with Gasteiger partial charge in [-0.2, -0.15) is 0 Å². The number of nitrogens with one attached hydrogen (secondary N) is 1. The Morgan fingerprint density at radius 2 is 1.96 bits per heavy atom. The van der Waals surface area contributed by atoms with Crippen LogP contribution in [0, 0.1) is 5.39 Å². The van der Waals surface area contributed by atoms with Crippen LogP contribution in [0.5, 0.6) is 5.75 Å². The van der Waals surface area contributed by atoms with Gasteiger partial charge in [0.15, 0.2) is 4.98 Å². The molecule has 2 aromatic carbocycles. The van der Waals surface area contributed by atoms with Crippen molar-refractivity contribution in [2.45, 2.75) is 0 Å². The number of aliphatic imine (C=N–C) groups is 1. The number of aliphatic hydroxyl groups excluding tert-OH is 1. The molecule has 7 nitrogen and oxygen atoms in total. The lowest BCUT2D eigenvalue weighted by Gasteiger charge is -2.03. The van der Waals surface area contributed by atoms with Crippen LogP contribution in [0.25, 0.3) is 4.98 Å². The van der Waals surface area contributed by atoms with Crippen LogP contribution in [0.4, 0.5) is 11.4 Å². The predicted octanol–water partition coefficient (Wildman–Crippen LogP) is 3.33. The lowest BCUT2D eigenvalue weighted by atomic mass is 10.2. The van der Waals surface area contributed by atoms with Crippen molar-refractivity contribution in [3.05, 3.63) is 71.0 Å². The Kier molecular flexibility index (Phi) is 5.04. The predicted molar refractivity (Wildman–Crippen MR) is 86.2 cm³/mol. The van der Waals surface area contributed by atoms with Crippen molar-refractivity contribution in [2.75, 3.05) is 5.32 Å². The van der Waals surface area contributed by atoms with Gasteiger partial charge in [0.25, 0.3) is 11.7 Å². The average molecular weight is 309 g/mol. The topological polar surface area (TPSA) is 110 Å². The first-order chi connectivity index (χ1) is 11.1. The van der Waals surface area contributed by atoms with Crippen LogP contribution in [0.1, 0.15) is 5.56 Å². The molecule has 2 aromatic rings. The third-order valence-corrected chi connectivity index (χ3v) is 2.77. The van der Waals surface area contributed by atoms with Crippen molar-refractivity contribution in [3.8, 4) is 5.75 Å². The third kappa shape index (κ3) is 4.68. The summed E-state index contributed by atoms with van der Waals surface area (Å²) in [6.07, 6.45) is 2.24. The number of amides is 1. The van der Waals surface area contributed by atoms with Crippen LogP contribution < -0.4 is 5.32 Å². The molecular formula is C16H13N4O3+. The van der Waals surface area contributed by atoms with Gasteiger partial charge in [-0.25, -0.2) is 0 Å². The van der Waals surface area contributed by atoms with Gasteiger partial charge in [0.05, 0.1) is 5.69 Å². The first kappa shape index (κ1) is 15.7. The van der Waals surface area contributed by atoms with Gasteiger partial charge in [-0.1, -0.05) is 6.07 Å². The molecule has 0 saturated carbocycles.